The molecule has 1 amide bonds. The van der Waals surface area contributed by atoms with Crippen LogP contribution in [0.2, 0.25) is 0 Å². The van der Waals surface area contributed by atoms with Crippen LogP contribution in [-0.4, -0.2) is 29.8 Å². The van der Waals surface area contributed by atoms with Crippen LogP contribution in [0.1, 0.15) is 37.2 Å². The molecule has 1 aromatic carbocycles. The molecule has 2 heterocycles. The van der Waals surface area contributed by atoms with Crippen LogP contribution in [0.4, 0.5) is 0 Å². The topological polar surface area (TPSA) is 86.5 Å². The van der Waals surface area contributed by atoms with Gasteiger partial charge in [0.05, 0.1) is 5.54 Å². The van der Waals surface area contributed by atoms with Crippen molar-refractivity contribution in [1.82, 2.24) is 10.3 Å². The van der Waals surface area contributed by atoms with Crippen molar-refractivity contribution in [2.24, 2.45) is 5.73 Å². The Hall–Kier alpha value is -2.12. The maximum Gasteiger partial charge on any atom is 0.271 e. The molecule has 3 N–H and O–H groups in total. The number of nitrogens with zero attached hydrogens (tertiary/aromatic N) is 1. The quantitative estimate of drug-likeness (QED) is 0.839. The summed E-state index contributed by atoms with van der Waals surface area (Å²) in [6, 6.07) is 5.65. The Kier molecular flexibility index (Phi) is 4.73. The van der Waals surface area contributed by atoms with Crippen molar-refractivity contribution in [1.29, 1.82) is 0 Å². The molecule has 0 bridgehead atoms. The summed E-state index contributed by atoms with van der Waals surface area (Å²) in [5.41, 5.74) is 6.78. The highest BCUT2D eigenvalue weighted by Gasteiger charge is 2.27. The normalized spacial score (nSPS) is 13.1. The van der Waals surface area contributed by atoms with Gasteiger partial charge in [0.25, 0.3) is 5.91 Å². The molecule has 0 saturated heterocycles. The summed E-state index contributed by atoms with van der Waals surface area (Å²) >= 11 is 1.43. The van der Waals surface area contributed by atoms with E-state index in [1.54, 1.807) is 5.38 Å². The van der Waals surface area contributed by atoms with Crippen LogP contribution in [-0.2, 0) is 0 Å². The highest BCUT2D eigenvalue weighted by molar-refractivity contribution is 7.13. The number of fused-ring (bicyclic) bond motifs is 1. The average molecular weight is 347 g/mol. The number of amides is 1. The van der Waals surface area contributed by atoms with Crippen LogP contribution in [0.3, 0.4) is 0 Å². The molecule has 0 unspecified atom stereocenters. The van der Waals surface area contributed by atoms with Gasteiger partial charge in [0.1, 0.15) is 10.7 Å². The molecule has 7 heteroatoms. The summed E-state index contributed by atoms with van der Waals surface area (Å²) in [5, 5.41) is 5.57. The predicted octanol–water partition coefficient (Wildman–Crippen LogP) is 2.79. The van der Waals surface area contributed by atoms with Crippen molar-refractivity contribution in [2.75, 3.05) is 13.3 Å². The fourth-order valence-corrected chi connectivity index (χ4v) is 3.41. The number of aromatic nitrogens is 1. The number of nitrogens with one attached hydrogen (secondary N) is 1. The van der Waals surface area contributed by atoms with Crippen molar-refractivity contribution in [3.05, 3.63) is 29.3 Å². The molecule has 1 aromatic heterocycles. The molecule has 3 rings (SSSR count). The Morgan fingerprint density at radius 1 is 1.33 bits per heavy atom. The Bertz CT molecular complexity index is 732. The summed E-state index contributed by atoms with van der Waals surface area (Å²) in [4.78, 5) is 17.0. The Morgan fingerprint density at radius 2 is 2.08 bits per heavy atom. The summed E-state index contributed by atoms with van der Waals surface area (Å²) in [6.07, 6.45) is 1.57. The van der Waals surface area contributed by atoms with Crippen LogP contribution in [0.5, 0.6) is 11.5 Å². The summed E-state index contributed by atoms with van der Waals surface area (Å²) in [6.45, 7) is 4.69. The lowest BCUT2D eigenvalue weighted by Crippen LogP contribution is -2.52. The second-order valence-corrected chi connectivity index (χ2v) is 6.61. The zero-order valence-electron chi connectivity index (χ0n) is 13.8. The zero-order valence-corrected chi connectivity index (χ0v) is 14.6. The third-order valence-corrected chi connectivity index (χ3v) is 5.37. The molecule has 1 aliphatic heterocycles. The molecule has 0 saturated carbocycles. The van der Waals surface area contributed by atoms with Gasteiger partial charge in [-0.05, 0) is 31.0 Å². The van der Waals surface area contributed by atoms with Gasteiger partial charge in [-0.2, -0.15) is 0 Å². The number of benzene rings is 1. The predicted molar refractivity (Wildman–Crippen MR) is 93.5 cm³/mol. The monoisotopic (exact) mass is 347 g/mol. The highest BCUT2D eigenvalue weighted by atomic mass is 32.1. The number of carbonyl (C=O) groups excluding carboxylic acids is 1. The zero-order chi connectivity index (χ0) is 17.2. The minimum Gasteiger partial charge on any atom is -0.454 e. The first-order valence-electron chi connectivity index (χ1n) is 7.99. The van der Waals surface area contributed by atoms with Gasteiger partial charge < -0.3 is 20.5 Å². The maximum atomic E-state index is 12.5. The molecular formula is C17H21N3O3S. The lowest BCUT2D eigenvalue weighted by Gasteiger charge is -2.31. The van der Waals surface area contributed by atoms with Gasteiger partial charge in [-0.3, -0.25) is 4.79 Å². The number of hydrogen-bond donors (Lipinski definition) is 2. The third kappa shape index (κ3) is 3.09. The Morgan fingerprint density at radius 3 is 2.79 bits per heavy atom. The van der Waals surface area contributed by atoms with Crippen LogP contribution < -0.4 is 20.5 Å². The van der Waals surface area contributed by atoms with E-state index in [0.29, 0.717) is 18.0 Å². The second-order valence-electron chi connectivity index (χ2n) is 5.75. The molecule has 128 valence electrons. The van der Waals surface area contributed by atoms with Gasteiger partial charge in [0.2, 0.25) is 6.79 Å². The lowest BCUT2D eigenvalue weighted by molar-refractivity contribution is 0.0891. The van der Waals surface area contributed by atoms with E-state index in [4.69, 9.17) is 15.2 Å². The van der Waals surface area contributed by atoms with E-state index in [1.165, 1.54) is 11.3 Å². The molecule has 6 nitrogen and oxygen atoms in total. The lowest BCUT2D eigenvalue weighted by atomic mass is 9.93. The van der Waals surface area contributed by atoms with Gasteiger partial charge >= 0.3 is 0 Å². The standard InChI is InChI=1S/C17H21N3O3S/c1-3-17(4-2,9-18)20-15(21)12-8-24-16(19-12)11-5-6-13-14(7-11)23-10-22-13/h5-8H,3-4,9-10,18H2,1-2H3,(H,20,21). The van der Waals surface area contributed by atoms with Gasteiger partial charge in [-0.25, -0.2) is 4.98 Å². The first-order chi connectivity index (χ1) is 11.6. The van der Waals surface area contributed by atoms with E-state index in [1.807, 2.05) is 32.0 Å². The van der Waals surface area contributed by atoms with E-state index in [2.05, 4.69) is 10.3 Å². The molecule has 24 heavy (non-hydrogen) atoms. The van der Waals surface area contributed by atoms with Crippen molar-refractivity contribution in [3.8, 4) is 22.1 Å². The maximum absolute atomic E-state index is 12.5. The first kappa shape index (κ1) is 16.7. The van der Waals surface area contributed by atoms with E-state index < -0.39 is 0 Å². The van der Waals surface area contributed by atoms with Gasteiger partial charge in [-0.1, -0.05) is 13.8 Å². The van der Waals surface area contributed by atoms with Crippen molar-refractivity contribution >= 4 is 17.2 Å². The molecule has 0 fully saturated rings. The van der Waals surface area contributed by atoms with Crippen LogP contribution >= 0.6 is 11.3 Å². The van der Waals surface area contributed by atoms with Crippen molar-refractivity contribution in [3.63, 3.8) is 0 Å². The van der Waals surface area contributed by atoms with Crippen LogP contribution in [0.25, 0.3) is 10.6 Å². The van der Waals surface area contributed by atoms with Gasteiger partial charge in [0.15, 0.2) is 11.5 Å². The smallest absolute Gasteiger partial charge is 0.271 e. The average Bonchev–Trinajstić information content (AvgIpc) is 3.28. The molecular weight excluding hydrogens is 326 g/mol. The van der Waals surface area contributed by atoms with Gasteiger partial charge in [-0.15, -0.1) is 11.3 Å². The van der Waals surface area contributed by atoms with Gasteiger partial charge in [0, 0.05) is 17.5 Å². The van der Waals surface area contributed by atoms with E-state index in [9.17, 15) is 4.79 Å². The molecule has 2 aromatic rings. The fourth-order valence-electron chi connectivity index (χ4n) is 2.61. The molecule has 0 atom stereocenters. The number of nitrogens with two attached hydrogens (primary N) is 1. The number of ether oxygens (including phenoxy) is 2. The van der Waals surface area contributed by atoms with E-state index >= 15 is 0 Å². The Labute approximate surface area is 145 Å². The number of rotatable bonds is 6. The number of thiazole rings is 1. The summed E-state index contributed by atoms with van der Waals surface area (Å²) < 4.78 is 10.7. The van der Waals surface area contributed by atoms with Crippen molar-refractivity contribution in [2.45, 2.75) is 32.2 Å². The first-order valence-corrected chi connectivity index (χ1v) is 8.87. The minimum atomic E-state index is -0.375. The van der Waals surface area contributed by atoms with E-state index in [0.717, 1.165) is 29.2 Å². The number of carbonyl (C=O) groups is 1. The Balaban J connectivity index is 1.79. The summed E-state index contributed by atoms with van der Waals surface area (Å²) in [7, 11) is 0. The second kappa shape index (κ2) is 6.78. The molecule has 0 spiro atoms. The molecule has 0 radical (unpaired) electrons. The third-order valence-electron chi connectivity index (χ3n) is 4.48. The number of hydrogen-bond acceptors (Lipinski definition) is 6. The van der Waals surface area contributed by atoms with Crippen LogP contribution in [0.15, 0.2) is 23.6 Å². The molecule has 1 aliphatic rings. The SMILES string of the molecule is CCC(CC)(CN)NC(=O)c1csc(-c2ccc3c(c2)OCO3)n1. The highest BCUT2D eigenvalue weighted by Crippen LogP contribution is 2.36. The summed E-state index contributed by atoms with van der Waals surface area (Å²) in [5.74, 6) is 1.24. The van der Waals surface area contributed by atoms with E-state index in [-0.39, 0.29) is 18.2 Å². The van der Waals surface area contributed by atoms with Crippen LogP contribution in [0, 0.1) is 0 Å². The molecule has 0 aliphatic carbocycles. The largest absolute Gasteiger partial charge is 0.454 e. The minimum absolute atomic E-state index is 0.188. The fraction of sp³-hybridized carbons (Fsp3) is 0.412. The van der Waals surface area contributed by atoms with Crippen molar-refractivity contribution < 1.29 is 14.3 Å².